The van der Waals surface area contributed by atoms with E-state index >= 15 is 0 Å². The number of thiophene rings is 1. The molecule has 0 spiro atoms. The second-order valence-corrected chi connectivity index (χ2v) is 7.60. The predicted molar refractivity (Wildman–Crippen MR) is 110 cm³/mol. The molecule has 6 heteroatoms. The van der Waals surface area contributed by atoms with E-state index < -0.39 is 5.97 Å². The number of nitrogens with one attached hydrogen (secondary N) is 1. The van der Waals surface area contributed by atoms with Gasteiger partial charge in [0.1, 0.15) is 12.2 Å². The normalized spacial score (nSPS) is 11.0. The minimum atomic E-state index is -0.436. The first-order valence-electron chi connectivity index (χ1n) is 9.07. The number of para-hydroxylation sites is 1. The molecule has 5 nitrogen and oxygen atoms in total. The van der Waals surface area contributed by atoms with Crippen LogP contribution in [0.4, 0.5) is 5.69 Å². The lowest BCUT2D eigenvalue weighted by atomic mass is 10.1. The molecule has 1 aromatic carbocycles. The maximum Gasteiger partial charge on any atom is 0.354 e. The summed E-state index contributed by atoms with van der Waals surface area (Å²) in [7, 11) is 1.35. The van der Waals surface area contributed by atoms with Crippen LogP contribution in [0.15, 0.2) is 30.3 Å². The number of anilines is 1. The van der Waals surface area contributed by atoms with Crippen LogP contribution in [-0.4, -0.2) is 23.6 Å². The van der Waals surface area contributed by atoms with Crippen molar-refractivity contribution in [1.82, 2.24) is 4.57 Å². The van der Waals surface area contributed by atoms with Crippen LogP contribution < -0.4 is 5.32 Å². The summed E-state index contributed by atoms with van der Waals surface area (Å²) < 4.78 is 7.64. The monoisotopic (exact) mass is 384 g/mol. The van der Waals surface area contributed by atoms with E-state index in [1.807, 2.05) is 37.3 Å². The molecule has 1 amide bonds. The average molecular weight is 385 g/mol. The Morgan fingerprint density at radius 2 is 1.96 bits per heavy atom. The molecule has 0 saturated heterocycles. The lowest BCUT2D eigenvalue weighted by molar-refractivity contribution is -0.116. The molecule has 2 aromatic heterocycles. The van der Waals surface area contributed by atoms with E-state index in [0.717, 1.165) is 39.9 Å². The number of esters is 1. The number of aryl methyl sites for hydroxylation is 3. The third-order valence-corrected chi connectivity index (χ3v) is 5.91. The van der Waals surface area contributed by atoms with E-state index in [4.69, 9.17) is 4.74 Å². The van der Waals surface area contributed by atoms with Gasteiger partial charge >= 0.3 is 5.97 Å². The number of rotatable bonds is 6. The Bertz CT molecular complexity index is 1000. The number of aromatic nitrogens is 1. The number of carbonyl (C=O) groups is 2. The number of benzene rings is 1. The van der Waals surface area contributed by atoms with Crippen molar-refractivity contribution in [3.05, 3.63) is 52.0 Å². The van der Waals surface area contributed by atoms with Gasteiger partial charge in [-0.2, -0.15) is 0 Å². The summed E-state index contributed by atoms with van der Waals surface area (Å²) in [6, 6.07) is 9.85. The number of hydrogen-bond donors (Lipinski definition) is 1. The number of ether oxygens (including phenoxy) is 1. The van der Waals surface area contributed by atoms with Gasteiger partial charge in [-0.05, 0) is 43.0 Å². The van der Waals surface area contributed by atoms with Crippen LogP contribution in [-0.2, 0) is 28.9 Å². The molecule has 2 heterocycles. The Morgan fingerprint density at radius 3 is 2.63 bits per heavy atom. The topological polar surface area (TPSA) is 60.3 Å². The number of carbonyl (C=O) groups excluding carboxylic acids is 2. The van der Waals surface area contributed by atoms with E-state index in [1.54, 1.807) is 15.9 Å². The van der Waals surface area contributed by atoms with Gasteiger partial charge in [-0.1, -0.05) is 32.0 Å². The molecule has 3 aromatic rings. The van der Waals surface area contributed by atoms with Gasteiger partial charge in [0.25, 0.3) is 0 Å². The van der Waals surface area contributed by atoms with Gasteiger partial charge in [-0.25, -0.2) is 4.79 Å². The van der Waals surface area contributed by atoms with Crippen molar-refractivity contribution in [3.63, 3.8) is 0 Å². The lowest BCUT2D eigenvalue weighted by Crippen LogP contribution is -2.22. The molecule has 142 valence electrons. The molecule has 1 N–H and O–H groups in total. The van der Waals surface area contributed by atoms with E-state index in [9.17, 15) is 9.59 Å². The maximum absolute atomic E-state index is 12.8. The molecule has 0 atom stereocenters. The van der Waals surface area contributed by atoms with Gasteiger partial charge in [0.2, 0.25) is 5.91 Å². The highest BCUT2D eigenvalue weighted by Crippen LogP contribution is 2.30. The summed E-state index contributed by atoms with van der Waals surface area (Å²) in [6.07, 6.45) is 1.75. The largest absolute Gasteiger partial charge is 0.464 e. The fraction of sp³-hybridized carbons (Fsp3) is 0.333. The highest BCUT2D eigenvalue weighted by Gasteiger charge is 2.20. The van der Waals surface area contributed by atoms with Crippen molar-refractivity contribution in [2.75, 3.05) is 12.4 Å². The first-order valence-corrected chi connectivity index (χ1v) is 9.88. The molecule has 0 aliphatic heterocycles. The van der Waals surface area contributed by atoms with Crippen LogP contribution in [0, 0.1) is 6.92 Å². The highest BCUT2D eigenvalue weighted by atomic mass is 32.1. The van der Waals surface area contributed by atoms with Gasteiger partial charge in [0.05, 0.1) is 17.3 Å². The van der Waals surface area contributed by atoms with Crippen molar-refractivity contribution >= 4 is 39.1 Å². The predicted octanol–water partition coefficient (Wildman–Crippen LogP) is 4.56. The van der Waals surface area contributed by atoms with E-state index in [2.05, 4.69) is 19.2 Å². The SMILES string of the molecule is CCc1cc2c(cc(C(=O)OC)n2CC(=O)Nc2c(C)cccc2CC)s1. The Labute approximate surface area is 163 Å². The number of methoxy groups -OCH3 is 1. The molecule has 0 bridgehead atoms. The van der Waals surface area contributed by atoms with Crippen LogP contribution in [0.25, 0.3) is 10.2 Å². The van der Waals surface area contributed by atoms with Crippen LogP contribution in [0.3, 0.4) is 0 Å². The summed E-state index contributed by atoms with van der Waals surface area (Å²) >= 11 is 1.64. The average Bonchev–Trinajstić information content (AvgIpc) is 3.21. The third-order valence-electron chi connectivity index (χ3n) is 4.69. The lowest BCUT2D eigenvalue weighted by Gasteiger charge is -2.14. The smallest absolute Gasteiger partial charge is 0.354 e. The first-order chi connectivity index (χ1) is 13.0. The quantitative estimate of drug-likeness (QED) is 0.634. The summed E-state index contributed by atoms with van der Waals surface area (Å²) in [5, 5.41) is 3.03. The number of fused-ring (bicyclic) bond motifs is 1. The van der Waals surface area contributed by atoms with E-state index in [0.29, 0.717) is 5.69 Å². The summed E-state index contributed by atoms with van der Waals surface area (Å²) in [4.78, 5) is 26.2. The molecule has 3 rings (SSSR count). The molecule has 0 fully saturated rings. The van der Waals surface area contributed by atoms with Crippen molar-refractivity contribution in [2.24, 2.45) is 0 Å². The Hall–Kier alpha value is -2.60. The van der Waals surface area contributed by atoms with Crippen LogP contribution in [0.2, 0.25) is 0 Å². The number of amides is 1. The second kappa shape index (κ2) is 7.96. The number of hydrogen-bond acceptors (Lipinski definition) is 4. The molecular weight excluding hydrogens is 360 g/mol. The minimum absolute atomic E-state index is 0.0608. The summed E-state index contributed by atoms with van der Waals surface area (Å²) in [5.41, 5.74) is 4.27. The van der Waals surface area contributed by atoms with Crippen molar-refractivity contribution in [1.29, 1.82) is 0 Å². The minimum Gasteiger partial charge on any atom is -0.464 e. The summed E-state index contributed by atoms with van der Waals surface area (Å²) in [6.45, 7) is 6.20. The Morgan fingerprint density at radius 1 is 1.19 bits per heavy atom. The standard InChI is InChI=1S/C21H24N2O3S/c1-5-14-9-7-8-13(3)20(14)22-19(24)12-23-16-10-15(6-2)27-18(16)11-17(23)21(25)26-4/h7-11H,5-6,12H2,1-4H3,(H,22,24). The van der Waals surface area contributed by atoms with Crippen molar-refractivity contribution in [2.45, 2.75) is 40.2 Å². The second-order valence-electron chi connectivity index (χ2n) is 6.43. The van der Waals surface area contributed by atoms with Gasteiger partial charge in [-0.15, -0.1) is 11.3 Å². The van der Waals surface area contributed by atoms with Crippen LogP contribution in [0.5, 0.6) is 0 Å². The van der Waals surface area contributed by atoms with Gasteiger partial charge < -0.3 is 14.6 Å². The molecule has 0 aliphatic rings. The molecule has 0 radical (unpaired) electrons. The summed E-state index contributed by atoms with van der Waals surface area (Å²) in [5.74, 6) is -0.597. The van der Waals surface area contributed by atoms with Crippen molar-refractivity contribution < 1.29 is 14.3 Å². The molecule has 0 saturated carbocycles. The van der Waals surface area contributed by atoms with Crippen LogP contribution in [0.1, 0.15) is 40.3 Å². The zero-order chi connectivity index (χ0) is 19.6. The van der Waals surface area contributed by atoms with E-state index in [1.165, 1.54) is 12.0 Å². The van der Waals surface area contributed by atoms with Gasteiger partial charge in [0, 0.05) is 10.6 Å². The molecule has 0 aliphatic carbocycles. The Kier molecular flexibility index (Phi) is 5.65. The van der Waals surface area contributed by atoms with Gasteiger partial charge in [0.15, 0.2) is 0 Å². The molecule has 27 heavy (non-hydrogen) atoms. The van der Waals surface area contributed by atoms with Gasteiger partial charge in [-0.3, -0.25) is 4.79 Å². The first kappa shape index (κ1) is 19.2. The molecular formula is C21H24N2O3S. The van der Waals surface area contributed by atoms with Crippen LogP contribution >= 0.6 is 11.3 Å². The fourth-order valence-corrected chi connectivity index (χ4v) is 4.28. The van der Waals surface area contributed by atoms with Crippen molar-refractivity contribution in [3.8, 4) is 0 Å². The zero-order valence-electron chi connectivity index (χ0n) is 16.1. The zero-order valence-corrected chi connectivity index (χ0v) is 16.9. The maximum atomic E-state index is 12.8. The Balaban J connectivity index is 1.94. The highest BCUT2D eigenvalue weighted by molar-refractivity contribution is 7.19. The number of nitrogens with zero attached hydrogens (tertiary/aromatic N) is 1. The van der Waals surface area contributed by atoms with E-state index in [-0.39, 0.29) is 12.5 Å². The molecule has 0 unspecified atom stereocenters. The fourth-order valence-electron chi connectivity index (χ4n) is 3.24. The third kappa shape index (κ3) is 3.76.